The van der Waals surface area contributed by atoms with E-state index >= 15 is 0 Å². The van der Waals surface area contributed by atoms with E-state index in [9.17, 15) is 9.59 Å². The van der Waals surface area contributed by atoms with Gasteiger partial charge >= 0.3 is 0 Å². The molecule has 0 atom stereocenters. The van der Waals surface area contributed by atoms with Crippen LogP contribution >= 0.6 is 0 Å². The summed E-state index contributed by atoms with van der Waals surface area (Å²) in [6.45, 7) is 4.04. The van der Waals surface area contributed by atoms with Gasteiger partial charge in [0.05, 0.1) is 23.7 Å². The van der Waals surface area contributed by atoms with Gasteiger partial charge in [0.25, 0.3) is 11.8 Å². The van der Waals surface area contributed by atoms with Crippen LogP contribution in [0.1, 0.15) is 72.6 Å². The van der Waals surface area contributed by atoms with E-state index in [-0.39, 0.29) is 11.8 Å². The predicted molar refractivity (Wildman–Crippen MR) is 104 cm³/mol. The van der Waals surface area contributed by atoms with Gasteiger partial charge in [-0.15, -0.1) is 0 Å². The zero-order valence-corrected chi connectivity index (χ0v) is 16.1. The van der Waals surface area contributed by atoms with Gasteiger partial charge in [-0.3, -0.25) is 9.59 Å². The molecule has 0 radical (unpaired) electrons. The van der Waals surface area contributed by atoms with Crippen molar-refractivity contribution in [1.82, 2.24) is 10.2 Å². The van der Waals surface area contributed by atoms with E-state index in [1.165, 1.54) is 50.7 Å². The maximum Gasteiger partial charge on any atom is 0.257 e. The molecule has 0 saturated carbocycles. The molecule has 2 amide bonds. The fourth-order valence-corrected chi connectivity index (χ4v) is 2.93. The second-order valence-electron chi connectivity index (χ2n) is 6.69. The second-order valence-corrected chi connectivity index (χ2v) is 6.69. The fourth-order valence-electron chi connectivity index (χ4n) is 2.93. The van der Waals surface area contributed by atoms with Crippen molar-refractivity contribution >= 4 is 11.8 Å². The van der Waals surface area contributed by atoms with Crippen molar-refractivity contribution in [3.05, 3.63) is 48.3 Å². The van der Waals surface area contributed by atoms with E-state index in [4.69, 9.17) is 8.83 Å². The van der Waals surface area contributed by atoms with Crippen LogP contribution in [0.15, 0.2) is 46.0 Å². The van der Waals surface area contributed by atoms with E-state index in [1.54, 1.807) is 12.1 Å². The Labute approximate surface area is 160 Å². The molecule has 0 bridgehead atoms. The molecule has 0 aromatic carbocycles. The minimum Gasteiger partial charge on any atom is -0.472 e. The van der Waals surface area contributed by atoms with Gasteiger partial charge in [-0.25, -0.2) is 0 Å². The summed E-state index contributed by atoms with van der Waals surface area (Å²) in [6, 6.07) is 3.32. The number of nitrogens with zero attached hydrogens (tertiary/aromatic N) is 1. The molecule has 6 heteroatoms. The van der Waals surface area contributed by atoms with Gasteiger partial charge in [0.15, 0.2) is 0 Å². The maximum absolute atomic E-state index is 12.7. The summed E-state index contributed by atoms with van der Waals surface area (Å²) in [4.78, 5) is 26.4. The van der Waals surface area contributed by atoms with Gasteiger partial charge in [-0.05, 0) is 25.0 Å². The minimum atomic E-state index is -0.160. The molecule has 0 aliphatic rings. The number of hydrogen-bond acceptors (Lipinski definition) is 4. The van der Waals surface area contributed by atoms with Crippen LogP contribution in [0.2, 0.25) is 0 Å². The third-order valence-corrected chi connectivity index (χ3v) is 4.51. The molecular formula is C21H30N2O4. The third-order valence-electron chi connectivity index (χ3n) is 4.51. The number of furan rings is 2. The van der Waals surface area contributed by atoms with E-state index in [0.29, 0.717) is 30.6 Å². The molecule has 0 fully saturated rings. The Kier molecular flexibility index (Phi) is 9.24. The Hall–Kier alpha value is -2.50. The minimum absolute atomic E-state index is 0.0153. The normalized spacial score (nSPS) is 10.7. The molecule has 2 rings (SSSR count). The van der Waals surface area contributed by atoms with Crippen molar-refractivity contribution in [1.29, 1.82) is 0 Å². The third kappa shape index (κ3) is 7.33. The molecule has 0 spiro atoms. The molecule has 0 aliphatic carbocycles. The average molecular weight is 374 g/mol. The Morgan fingerprint density at radius 1 is 0.889 bits per heavy atom. The summed E-state index contributed by atoms with van der Waals surface area (Å²) < 4.78 is 9.95. The Balaban J connectivity index is 1.75. The van der Waals surface area contributed by atoms with Crippen molar-refractivity contribution < 1.29 is 18.4 Å². The van der Waals surface area contributed by atoms with E-state index < -0.39 is 0 Å². The van der Waals surface area contributed by atoms with E-state index in [2.05, 4.69) is 12.2 Å². The molecule has 0 saturated heterocycles. The molecule has 2 aromatic rings. The molecule has 2 heterocycles. The summed E-state index contributed by atoms with van der Waals surface area (Å²) in [5.74, 6) is -0.175. The summed E-state index contributed by atoms with van der Waals surface area (Å²) in [7, 11) is 0. The highest BCUT2D eigenvalue weighted by atomic mass is 16.3. The van der Waals surface area contributed by atoms with Gasteiger partial charge in [0.1, 0.15) is 12.5 Å². The standard InChI is InChI=1S/C21H30N2O4/c1-2-3-4-5-6-7-12-23(21(25)19-10-15-27-17-19)13-8-11-22-20(24)18-9-14-26-16-18/h9-10,14-17H,2-8,11-13H2,1H3,(H,22,24). The highest BCUT2D eigenvalue weighted by Gasteiger charge is 2.16. The van der Waals surface area contributed by atoms with Crippen LogP contribution in [0.25, 0.3) is 0 Å². The van der Waals surface area contributed by atoms with Crippen molar-refractivity contribution in [2.75, 3.05) is 19.6 Å². The van der Waals surface area contributed by atoms with E-state index in [0.717, 1.165) is 19.4 Å². The topological polar surface area (TPSA) is 75.7 Å². The number of carbonyl (C=O) groups excluding carboxylic acids is 2. The van der Waals surface area contributed by atoms with Crippen molar-refractivity contribution in [2.45, 2.75) is 51.9 Å². The number of rotatable bonds is 13. The van der Waals surface area contributed by atoms with Gasteiger partial charge in [0.2, 0.25) is 0 Å². The van der Waals surface area contributed by atoms with Crippen molar-refractivity contribution in [3.8, 4) is 0 Å². The number of nitrogens with one attached hydrogen (secondary N) is 1. The summed E-state index contributed by atoms with van der Waals surface area (Å²) >= 11 is 0. The molecule has 2 aromatic heterocycles. The van der Waals surface area contributed by atoms with Crippen LogP contribution in [0.3, 0.4) is 0 Å². The lowest BCUT2D eigenvalue weighted by molar-refractivity contribution is 0.0749. The first-order chi connectivity index (χ1) is 13.2. The Bertz CT molecular complexity index is 650. The molecule has 1 N–H and O–H groups in total. The SMILES string of the molecule is CCCCCCCCN(CCCNC(=O)c1ccoc1)C(=O)c1ccoc1. The Morgan fingerprint density at radius 3 is 2.19 bits per heavy atom. The largest absolute Gasteiger partial charge is 0.472 e. The number of hydrogen-bond donors (Lipinski definition) is 1. The smallest absolute Gasteiger partial charge is 0.257 e. The zero-order chi connectivity index (χ0) is 19.3. The second kappa shape index (κ2) is 12.0. The molecular weight excluding hydrogens is 344 g/mol. The van der Waals surface area contributed by atoms with Crippen LogP contribution < -0.4 is 5.32 Å². The quantitative estimate of drug-likeness (QED) is 0.524. The molecule has 148 valence electrons. The first-order valence-electron chi connectivity index (χ1n) is 9.84. The first-order valence-corrected chi connectivity index (χ1v) is 9.84. The van der Waals surface area contributed by atoms with E-state index in [1.807, 2.05) is 4.90 Å². The highest BCUT2D eigenvalue weighted by Crippen LogP contribution is 2.10. The van der Waals surface area contributed by atoms with Crippen molar-refractivity contribution in [2.24, 2.45) is 0 Å². The first kappa shape index (κ1) is 20.8. The van der Waals surface area contributed by atoms with Crippen LogP contribution in [-0.4, -0.2) is 36.3 Å². The number of amides is 2. The lowest BCUT2D eigenvalue weighted by Crippen LogP contribution is -2.35. The lowest BCUT2D eigenvalue weighted by atomic mass is 10.1. The highest BCUT2D eigenvalue weighted by molar-refractivity contribution is 5.94. The Morgan fingerprint density at radius 2 is 1.52 bits per heavy atom. The summed E-state index contributed by atoms with van der Waals surface area (Å²) in [6.07, 6.45) is 13.7. The van der Waals surface area contributed by atoms with Gasteiger partial charge < -0.3 is 19.1 Å². The van der Waals surface area contributed by atoms with Crippen LogP contribution in [-0.2, 0) is 0 Å². The molecule has 0 aliphatic heterocycles. The maximum atomic E-state index is 12.7. The molecule has 6 nitrogen and oxygen atoms in total. The lowest BCUT2D eigenvalue weighted by Gasteiger charge is -2.22. The van der Waals surface area contributed by atoms with Gasteiger partial charge in [-0.1, -0.05) is 39.0 Å². The van der Waals surface area contributed by atoms with Gasteiger partial charge in [0, 0.05) is 19.6 Å². The van der Waals surface area contributed by atoms with Crippen LogP contribution in [0, 0.1) is 0 Å². The number of unbranched alkanes of at least 4 members (excludes halogenated alkanes) is 5. The summed E-state index contributed by atoms with van der Waals surface area (Å²) in [5, 5.41) is 2.85. The fraction of sp³-hybridized carbons (Fsp3) is 0.524. The molecule has 27 heavy (non-hydrogen) atoms. The number of carbonyl (C=O) groups is 2. The van der Waals surface area contributed by atoms with Crippen molar-refractivity contribution in [3.63, 3.8) is 0 Å². The predicted octanol–water partition coefficient (Wildman–Crippen LogP) is 4.50. The van der Waals surface area contributed by atoms with Crippen LogP contribution in [0.4, 0.5) is 0 Å². The monoisotopic (exact) mass is 374 g/mol. The van der Waals surface area contributed by atoms with Gasteiger partial charge in [-0.2, -0.15) is 0 Å². The average Bonchev–Trinajstić information content (AvgIpc) is 3.39. The summed E-state index contributed by atoms with van der Waals surface area (Å²) in [5.41, 5.74) is 1.08. The zero-order valence-electron chi connectivity index (χ0n) is 16.1. The van der Waals surface area contributed by atoms with Crippen LogP contribution in [0.5, 0.6) is 0 Å². The molecule has 0 unspecified atom stereocenters.